The number of hydrogen-bond acceptors (Lipinski definition) is 5. The molecule has 1 fully saturated rings. The minimum Gasteiger partial charge on any atom is -0.378 e. The molecule has 7 nitrogen and oxygen atoms in total. The standard InChI is InChI=1S/C12H15FN2O5S/c1-2-9-8-20-6-5-14(9)21(18,19)10-3-4-12(15(16)17)11(13)7-10/h3-4,7,9H,2,5-6,8H2,1H3. The van der Waals surface area contributed by atoms with Crippen LogP contribution in [0.5, 0.6) is 0 Å². The highest BCUT2D eigenvalue weighted by molar-refractivity contribution is 7.89. The Kier molecular flexibility index (Phi) is 4.55. The average molecular weight is 318 g/mol. The zero-order chi connectivity index (χ0) is 15.6. The highest BCUT2D eigenvalue weighted by atomic mass is 32.2. The Morgan fingerprint density at radius 1 is 1.52 bits per heavy atom. The SMILES string of the molecule is CCC1COCCN1S(=O)(=O)c1ccc([N+](=O)[O-])c(F)c1. The molecule has 0 radical (unpaired) electrons. The zero-order valence-corrected chi connectivity index (χ0v) is 12.2. The van der Waals surface area contributed by atoms with Gasteiger partial charge in [0, 0.05) is 24.7 Å². The van der Waals surface area contributed by atoms with Crippen molar-refractivity contribution in [3.8, 4) is 0 Å². The van der Waals surface area contributed by atoms with Crippen LogP contribution in [0.3, 0.4) is 0 Å². The summed E-state index contributed by atoms with van der Waals surface area (Å²) < 4.78 is 45.2. The van der Waals surface area contributed by atoms with Crippen molar-refractivity contribution in [2.75, 3.05) is 19.8 Å². The number of rotatable bonds is 4. The van der Waals surface area contributed by atoms with Crippen LogP contribution in [0.2, 0.25) is 0 Å². The van der Waals surface area contributed by atoms with Gasteiger partial charge in [-0.25, -0.2) is 8.42 Å². The predicted molar refractivity (Wildman–Crippen MR) is 71.8 cm³/mol. The van der Waals surface area contributed by atoms with Crippen LogP contribution in [-0.2, 0) is 14.8 Å². The molecule has 1 atom stereocenters. The third kappa shape index (κ3) is 3.04. The molecule has 0 bridgehead atoms. The van der Waals surface area contributed by atoms with Crippen LogP contribution in [0.1, 0.15) is 13.3 Å². The molecule has 0 aliphatic carbocycles. The highest BCUT2D eigenvalue weighted by Crippen LogP contribution is 2.26. The van der Waals surface area contributed by atoms with Crippen molar-refractivity contribution in [2.24, 2.45) is 0 Å². The van der Waals surface area contributed by atoms with Crippen LogP contribution in [0.25, 0.3) is 0 Å². The first-order chi connectivity index (χ1) is 9.87. The van der Waals surface area contributed by atoms with Gasteiger partial charge in [0.2, 0.25) is 15.8 Å². The lowest BCUT2D eigenvalue weighted by Crippen LogP contribution is -2.48. The van der Waals surface area contributed by atoms with Crippen LogP contribution in [0, 0.1) is 15.9 Å². The molecule has 9 heteroatoms. The summed E-state index contributed by atoms with van der Waals surface area (Å²) in [5, 5.41) is 10.6. The van der Waals surface area contributed by atoms with Crippen molar-refractivity contribution in [2.45, 2.75) is 24.3 Å². The Morgan fingerprint density at radius 2 is 2.24 bits per heavy atom. The van der Waals surface area contributed by atoms with E-state index in [1.807, 2.05) is 6.92 Å². The lowest BCUT2D eigenvalue weighted by atomic mass is 10.2. The van der Waals surface area contributed by atoms with Crippen LogP contribution in [0.4, 0.5) is 10.1 Å². The lowest BCUT2D eigenvalue weighted by molar-refractivity contribution is -0.387. The van der Waals surface area contributed by atoms with E-state index in [-0.39, 0.29) is 30.7 Å². The van der Waals surface area contributed by atoms with Gasteiger partial charge in [0.1, 0.15) is 0 Å². The Balaban J connectivity index is 2.39. The average Bonchev–Trinajstić information content (AvgIpc) is 2.46. The molecule has 0 amide bonds. The molecule has 1 heterocycles. The van der Waals surface area contributed by atoms with Gasteiger partial charge in [-0.05, 0) is 12.5 Å². The Hall–Kier alpha value is -1.58. The van der Waals surface area contributed by atoms with Crippen LogP contribution in [-0.4, -0.2) is 43.4 Å². The molecule has 0 aromatic heterocycles. The molecule has 0 saturated carbocycles. The molecule has 1 aliphatic rings. The first kappa shape index (κ1) is 15.8. The Bertz CT molecular complexity index is 649. The number of morpholine rings is 1. The second kappa shape index (κ2) is 6.04. The molecule has 0 N–H and O–H groups in total. The van der Waals surface area contributed by atoms with E-state index in [9.17, 15) is 22.9 Å². The van der Waals surface area contributed by atoms with Gasteiger partial charge >= 0.3 is 5.69 Å². The van der Waals surface area contributed by atoms with Crippen molar-refractivity contribution >= 4 is 15.7 Å². The van der Waals surface area contributed by atoms with E-state index in [2.05, 4.69) is 0 Å². The molecule has 1 unspecified atom stereocenters. The number of halogens is 1. The highest BCUT2D eigenvalue weighted by Gasteiger charge is 2.34. The molecule has 1 aromatic rings. The van der Waals surface area contributed by atoms with E-state index >= 15 is 0 Å². The van der Waals surface area contributed by atoms with Gasteiger partial charge in [-0.3, -0.25) is 10.1 Å². The molecule has 1 aliphatic heterocycles. The number of nitro groups is 1. The molecule has 116 valence electrons. The van der Waals surface area contributed by atoms with Gasteiger partial charge in [0.25, 0.3) is 0 Å². The maximum absolute atomic E-state index is 13.6. The third-order valence-electron chi connectivity index (χ3n) is 3.37. The van der Waals surface area contributed by atoms with Crippen LogP contribution in [0.15, 0.2) is 23.1 Å². The van der Waals surface area contributed by atoms with Crippen LogP contribution >= 0.6 is 0 Å². The lowest BCUT2D eigenvalue weighted by Gasteiger charge is -2.33. The van der Waals surface area contributed by atoms with E-state index in [0.717, 1.165) is 12.1 Å². The number of benzene rings is 1. The second-order valence-electron chi connectivity index (χ2n) is 4.62. The summed E-state index contributed by atoms with van der Waals surface area (Å²) in [7, 11) is -3.90. The first-order valence-electron chi connectivity index (χ1n) is 6.41. The number of nitro benzene ring substituents is 1. The van der Waals surface area contributed by atoms with Crippen LogP contribution < -0.4 is 0 Å². The summed E-state index contributed by atoms with van der Waals surface area (Å²) in [6.45, 7) is 2.56. The quantitative estimate of drug-likeness (QED) is 0.620. The smallest absolute Gasteiger partial charge is 0.304 e. The van der Waals surface area contributed by atoms with Gasteiger partial charge in [-0.1, -0.05) is 6.92 Å². The minimum absolute atomic E-state index is 0.180. The minimum atomic E-state index is -3.90. The maximum Gasteiger partial charge on any atom is 0.304 e. The van der Waals surface area contributed by atoms with E-state index in [4.69, 9.17) is 4.74 Å². The fourth-order valence-electron chi connectivity index (χ4n) is 2.21. The summed E-state index contributed by atoms with van der Waals surface area (Å²) in [5.41, 5.74) is -0.747. The Morgan fingerprint density at radius 3 is 2.81 bits per heavy atom. The van der Waals surface area contributed by atoms with Gasteiger partial charge in [0.05, 0.1) is 23.0 Å². The largest absolute Gasteiger partial charge is 0.378 e. The normalized spacial score (nSPS) is 20.4. The molecule has 1 aromatic carbocycles. The van der Waals surface area contributed by atoms with Crippen molar-refractivity contribution in [3.05, 3.63) is 34.1 Å². The van der Waals surface area contributed by atoms with E-state index < -0.39 is 26.5 Å². The van der Waals surface area contributed by atoms with E-state index in [0.29, 0.717) is 12.5 Å². The number of hydrogen-bond donors (Lipinski definition) is 0. The summed E-state index contributed by atoms with van der Waals surface area (Å²) in [5.74, 6) is -1.16. The molecular weight excluding hydrogens is 303 g/mol. The first-order valence-corrected chi connectivity index (χ1v) is 7.85. The fourth-order valence-corrected chi connectivity index (χ4v) is 3.89. The maximum atomic E-state index is 13.6. The van der Waals surface area contributed by atoms with Gasteiger partial charge in [-0.2, -0.15) is 8.70 Å². The zero-order valence-electron chi connectivity index (χ0n) is 11.4. The van der Waals surface area contributed by atoms with Crippen molar-refractivity contribution < 1.29 is 22.5 Å². The van der Waals surface area contributed by atoms with Gasteiger partial charge in [-0.15, -0.1) is 0 Å². The molecule has 21 heavy (non-hydrogen) atoms. The van der Waals surface area contributed by atoms with Gasteiger partial charge in [0.15, 0.2) is 0 Å². The summed E-state index contributed by atoms with van der Waals surface area (Å²) in [4.78, 5) is 9.39. The third-order valence-corrected chi connectivity index (χ3v) is 5.32. The van der Waals surface area contributed by atoms with Crippen molar-refractivity contribution in [1.82, 2.24) is 4.31 Å². The fraction of sp³-hybridized carbons (Fsp3) is 0.500. The number of ether oxygens (including phenoxy) is 1. The Labute approximate surface area is 121 Å². The number of nitrogens with zero attached hydrogens (tertiary/aromatic N) is 2. The van der Waals surface area contributed by atoms with Crippen molar-refractivity contribution in [1.29, 1.82) is 0 Å². The summed E-state index contributed by atoms with van der Waals surface area (Å²) in [6, 6.07) is 2.29. The molecule has 0 spiro atoms. The molecular formula is C12H15FN2O5S. The molecule has 2 rings (SSSR count). The number of sulfonamides is 1. The van der Waals surface area contributed by atoms with Gasteiger partial charge < -0.3 is 4.74 Å². The van der Waals surface area contributed by atoms with E-state index in [1.165, 1.54) is 4.31 Å². The predicted octanol–water partition coefficient (Wildman–Crippen LogP) is 1.53. The topological polar surface area (TPSA) is 89.8 Å². The van der Waals surface area contributed by atoms with Crippen molar-refractivity contribution in [3.63, 3.8) is 0 Å². The summed E-state index contributed by atoms with van der Waals surface area (Å²) in [6.07, 6.45) is 0.564. The monoisotopic (exact) mass is 318 g/mol. The van der Waals surface area contributed by atoms with E-state index in [1.54, 1.807) is 0 Å². The molecule has 1 saturated heterocycles. The summed E-state index contributed by atoms with van der Waals surface area (Å²) >= 11 is 0. The second-order valence-corrected chi connectivity index (χ2v) is 6.51.